The zero-order valence-electron chi connectivity index (χ0n) is 11.4. The van der Waals surface area contributed by atoms with Gasteiger partial charge in [0.25, 0.3) is 5.91 Å². The van der Waals surface area contributed by atoms with Crippen molar-refractivity contribution < 1.29 is 9.18 Å². The predicted octanol–water partition coefficient (Wildman–Crippen LogP) is 2.46. The maximum absolute atomic E-state index is 12.9. The van der Waals surface area contributed by atoms with Gasteiger partial charge in [0.15, 0.2) is 0 Å². The smallest absolute Gasteiger partial charge is 0.253 e. The summed E-state index contributed by atoms with van der Waals surface area (Å²) < 4.78 is 12.9. The van der Waals surface area contributed by atoms with E-state index in [1.165, 1.54) is 12.1 Å². The summed E-state index contributed by atoms with van der Waals surface area (Å²) in [7, 11) is 0. The molecule has 20 heavy (non-hydrogen) atoms. The Balaban J connectivity index is 0.00000147. The molecule has 2 aliphatic rings. The molecule has 2 aliphatic heterocycles. The molecule has 1 amide bonds. The molecule has 3 rings (SSSR count). The first-order valence-corrected chi connectivity index (χ1v) is 6.94. The van der Waals surface area contributed by atoms with Crippen LogP contribution >= 0.6 is 12.4 Å². The molecule has 0 unspecified atom stereocenters. The first kappa shape index (κ1) is 15.3. The summed E-state index contributed by atoms with van der Waals surface area (Å²) in [5.74, 6) is -0.261. The molecule has 2 fully saturated rings. The van der Waals surface area contributed by atoms with Crippen molar-refractivity contribution in [3.05, 3.63) is 35.6 Å². The number of carbonyl (C=O) groups is 1. The second kappa shape index (κ2) is 6.10. The molecule has 0 bridgehead atoms. The van der Waals surface area contributed by atoms with Crippen molar-refractivity contribution in [1.29, 1.82) is 0 Å². The van der Waals surface area contributed by atoms with Crippen molar-refractivity contribution in [1.82, 2.24) is 10.2 Å². The highest BCUT2D eigenvalue weighted by atomic mass is 35.5. The van der Waals surface area contributed by atoms with E-state index in [-0.39, 0.29) is 24.1 Å². The van der Waals surface area contributed by atoms with Crippen LogP contribution in [0.15, 0.2) is 24.3 Å². The van der Waals surface area contributed by atoms with Crippen LogP contribution in [0.25, 0.3) is 0 Å². The molecule has 1 aromatic rings. The lowest BCUT2D eigenvalue weighted by molar-refractivity contribution is 0.0762. The number of halogens is 2. The molecule has 0 saturated carbocycles. The van der Waals surface area contributed by atoms with Gasteiger partial charge in [0.1, 0.15) is 5.82 Å². The number of piperidine rings is 1. The molecule has 0 aromatic heterocycles. The Morgan fingerprint density at radius 3 is 2.45 bits per heavy atom. The zero-order valence-corrected chi connectivity index (χ0v) is 12.2. The summed E-state index contributed by atoms with van der Waals surface area (Å²) in [6.07, 6.45) is 3.40. The van der Waals surface area contributed by atoms with Crippen LogP contribution in [0.1, 0.15) is 29.6 Å². The van der Waals surface area contributed by atoms with E-state index in [0.29, 0.717) is 11.0 Å². The van der Waals surface area contributed by atoms with E-state index >= 15 is 0 Å². The minimum atomic E-state index is -0.298. The van der Waals surface area contributed by atoms with Gasteiger partial charge < -0.3 is 10.2 Å². The molecule has 2 saturated heterocycles. The molecular weight excluding hydrogens is 279 g/mol. The fourth-order valence-corrected chi connectivity index (χ4v) is 3.25. The molecule has 1 aromatic carbocycles. The van der Waals surface area contributed by atoms with Crippen LogP contribution in [0.4, 0.5) is 4.39 Å². The summed E-state index contributed by atoms with van der Waals surface area (Å²) in [6.45, 7) is 3.79. The topological polar surface area (TPSA) is 32.3 Å². The van der Waals surface area contributed by atoms with Crippen LogP contribution < -0.4 is 5.32 Å². The summed E-state index contributed by atoms with van der Waals surface area (Å²) in [4.78, 5) is 14.3. The van der Waals surface area contributed by atoms with Gasteiger partial charge in [0.05, 0.1) is 0 Å². The van der Waals surface area contributed by atoms with E-state index in [4.69, 9.17) is 0 Å². The van der Waals surface area contributed by atoms with E-state index in [2.05, 4.69) is 5.32 Å². The second-order valence-corrected chi connectivity index (χ2v) is 5.73. The number of carbonyl (C=O) groups excluding carboxylic acids is 1. The number of hydrogen-bond donors (Lipinski definition) is 1. The SMILES string of the molecule is Cl.O=C(c1ccc(F)cc1)N1CCC2(CCNCC2)C1. The monoisotopic (exact) mass is 298 g/mol. The molecule has 0 atom stereocenters. The molecule has 110 valence electrons. The largest absolute Gasteiger partial charge is 0.338 e. The van der Waals surface area contributed by atoms with Gasteiger partial charge >= 0.3 is 0 Å². The third-order valence-electron chi connectivity index (χ3n) is 4.48. The van der Waals surface area contributed by atoms with E-state index in [0.717, 1.165) is 45.4 Å². The van der Waals surface area contributed by atoms with Crippen LogP contribution in [0.3, 0.4) is 0 Å². The number of nitrogens with zero attached hydrogens (tertiary/aromatic N) is 1. The fourth-order valence-electron chi connectivity index (χ4n) is 3.25. The van der Waals surface area contributed by atoms with Gasteiger partial charge in [-0.3, -0.25) is 4.79 Å². The van der Waals surface area contributed by atoms with Crippen LogP contribution in [0, 0.1) is 11.2 Å². The third kappa shape index (κ3) is 2.96. The molecule has 1 N–H and O–H groups in total. The molecular formula is C15H20ClFN2O. The van der Waals surface area contributed by atoms with Gasteiger partial charge in [-0.25, -0.2) is 4.39 Å². The highest BCUT2D eigenvalue weighted by molar-refractivity contribution is 5.94. The van der Waals surface area contributed by atoms with Gasteiger partial charge in [-0.15, -0.1) is 12.4 Å². The second-order valence-electron chi connectivity index (χ2n) is 5.73. The van der Waals surface area contributed by atoms with E-state index in [1.807, 2.05) is 4.90 Å². The predicted molar refractivity (Wildman–Crippen MR) is 78.7 cm³/mol. The maximum atomic E-state index is 12.9. The molecule has 2 heterocycles. The summed E-state index contributed by atoms with van der Waals surface area (Å²) >= 11 is 0. The highest BCUT2D eigenvalue weighted by Crippen LogP contribution is 2.38. The molecule has 0 aliphatic carbocycles. The number of hydrogen-bond acceptors (Lipinski definition) is 2. The Bertz CT molecular complexity index is 471. The minimum Gasteiger partial charge on any atom is -0.338 e. The van der Waals surface area contributed by atoms with Crippen molar-refractivity contribution in [2.45, 2.75) is 19.3 Å². The van der Waals surface area contributed by atoms with Crippen LogP contribution in [0.2, 0.25) is 0 Å². The molecule has 0 radical (unpaired) electrons. The van der Waals surface area contributed by atoms with Crippen molar-refractivity contribution in [2.24, 2.45) is 5.41 Å². The lowest BCUT2D eigenvalue weighted by atomic mass is 9.78. The Labute approximate surface area is 124 Å². The Morgan fingerprint density at radius 1 is 1.15 bits per heavy atom. The lowest BCUT2D eigenvalue weighted by Crippen LogP contribution is -2.39. The van der Waals surface area contributed by atoms with Gasteiger partial charge in [-0.1, -0.05) is 0 Å². The number of rotatable bonds is 1. The van der Waals surface area contributed by atoms with Gasteiger partial charge in [0, 0.05) is 18.7 Å². The molecule has 3 nitrogen and oxygen atoms in total. The number of likely N-dealkylation sites (tertiary alicyclic amines) is 1. The fraction of sp³-hybridized carbons (Fsp3) is 0.533. The first-order valence-electron chi connectivity index (χ1n) is 6.94. The number of nitrogens with one attached hydrogen (secondary N) is 1. The quantitative estimate of drug-likeness (QED) is 0.864. The maximum Gasteiger partial charge on any atom is 0.253 e. The summed E-state index contributed by atoms with van der Waals surface area (Å²) in [6, 6.07) is 5.85. The first-order chi connectivity index (χ1) is 9.19. The Kier molecular flexibility index (Phi) is 4.66. The summed E-state index contributed by atoms with van der Waals surface area (Å²) in [5.41, 5.74) is 0.911. The van der Waals surface area contributed by atoms with E-state index < -0.39 is 0 Å². The number of benzene rings is 1. The van der Waals surface area contributed by atoms with Crippen molar-refractivity contribution >= 4 is 18.3 Å². The summed E-state index contributed by atoms with van der Waals surface area (Å²) in [5, 5.41) is 3.37. The normalized spacial score (nSPS) is 20.8. The third-order valence-corrected chi connectivity index (χ3v) is 4.48. The van der Waals surface area contributed by atoms with Crippen LogP contribution in [-0.4, -0.2) is 37.0 Å². The average molecular weight is 299 g/mol. The highest BCUT2D eigenvalue weighted by Gasteiger charge is 2.40. The Hall–Kier alpha value is -1.13. The number of amides is 1. The van der Waals surface area contributed by atoms with Gasteiger partial charge in [0.2, 0.25) is 0 Å². The Morgan fingerprint density at radius 2 is 1.80 bits per heavy atom. The van der Waals surface area contributed by atoms with Crippen molar-refractivity contribution in [3.63, 3.8) is 0 Å². The van der Waals surface area contributed by atoms with Gasteiger partial charge in [-0.05, 0) is 62.0 Å². The standard InChI is InChI=1S/C15H19FN2O.ClH/c16-13-3-1-12(2-4-13)14(19)18-10-7-15(11-18)5-8-17-9-6-15;/h1-4,17H,5-11H2;1H. The molecule has 5 heteroatoms. The van der Waals surface area contributed by atoms with Crippen LogP contribution in [0.5, 0.6) is 0 Å². The van der Waals surface area contributed by atoms with E-state index in [9.17, 15) is 9.18 Å². The van der Waals surface area contributed by atoms with Crippen LogP contribution in [-0.2, 0) is 0 Å². The average Bonchev–Trinajstić information content (AvgIpc) is 2.83. The van der Waals surface area contributed by atoms with Gasteiger partial charge in [-0.2, -0.15) is 0 Å². The molecule has 1 spiro atoms. The zero-order chi connectivity index (χ0) is 13.3. The van der Waals surface area contributed by atoms with Crippen molar-refractivity contribution in [3.8, 4) is 0 Å². The van der Waals surface area contributed by atoms with Crippen molar-refractivity contribution in [2.75, 3.05) is 26.2 Å². The lowest BCUT2D eigenvalue weighted by Gasteiger charge is -2.33. The van der Waals surface area contributed by atoms with E-state index in [1.54, 1.807) is 12.1 Å². The minimum absolute atomic E-state index is 0.